The molecule has 0 bridgehead atoms. The van der Waals surface area contributed by atoms with Gasteiger partial charge in [-0.1, -0.05) is 62.0 Å². The predicted octanol–water partition coefficient (Wildman–Crippen LogP) is 6.01. The van der Waals surface area contributed by atoms with E-state index in [0.29, 0.717) is 16.6 Å². The van der Waals surface area contributed by atoms with Gasteiger partial charge < -0.3 is 5.32 Å². The Kier molecular flexibility index (Phi) is 7.11. The lowest BCUT2D eigenvalue weighted by Gasteiger charge is -2.21. The summed E-state index contributed by atoms with van der Waals surface area (Å²) in [5, 5.41) is 8.78. The maximum absolute atomic E-state index is 12.7. The van der Waals surface area contributed by atoms with Gasteiger partial charge in [-0.15, -0.1) is 11.8 Å². The average Bonchev–Trinajstić information content (AvgIpc) is 3.30. The van der Waals surface area contributed by atoms with Crippen molar-refractivity contribution >= 4 is 39.7 Å². The summed E-state index contributed by atoms with van der Waals surface area (Å²) in [5.41, 5.74) is 1.47. The normalized spacial score (nSPS) is 17.9. The number of carbonyl (C=O) groups excluding carboxylic acids is 1. The van der Waals surface area contributed by atoms with Crippen LogP contribution < -0.4 is 10.9 Å². The number of carbonyl (C=O) groups is 1. The zero-order valence-electron chi connectivity index (χ0n) is 18.8. The molecule has 0 radical (unpaired) electrons. The molecular formula is C25H30N4O2S2. The Morgan fingerprint density at radius 3 is 2.58 bits per heavy atom. The molecule has 2 fully saturated rings. The monoisotopic (exact) mass is 482 g/mol. The first-order valence-electron chi connectivity index (χ1n) is 12.1. The second-order valence-electron chi connectivity index (χ2n) is 9.16. The summed E-state index contributed by atoms with van der Waals surface area (Å²) in [7, 11) is 0. The lowest BCUT2D eigenvalue weighted by molar-refractivity contribution is -0.120. The van der Waals surface area contributed by atoms with Crippen molar-refractivity contribution in [2.45, 2.75) is 80.8 Å². The standard InChI is InChI=1S/C25H30N4O2S2/c30-22-15-19(26-25-29(22)28-24(33-25)18-11-5-2-6-12-18)16-32-21-14-8-7-13-20(21)27-23(31)17-9-3-1-4-10-17/h7-8,13-15,17-18H,1-6,9-12,16H2,(H,27,31). The lowest BCUT2D eigenvalue weighted by Crippen LogP contribution is -2.24. The lowest BCUT2D eigenvalue weighted by atomic mass is 9.88. The molecule has 1 amide bonds. The number of thioether (sulfide) groups is 1. The summed E-state index contributed by atoms with van der Waals surface area (Å²) in [6.45, 7) is 0. The third kappa shape index (κ3) is 5.32. The number of anilines is 1. The highest BCUT2D eigenvalue weighted by atomic mass is 32.2. The first-order chi connectivity index (χ1) is 16.2. The molecule has 8 heteroatoms. The Bertz CT molecular complexity index is 1180. The van der Waals surface area contributed by atoms with Crippen LogP contribution >= 0.6 is 23.1 Å². The number of fused-ring (bicyclic) bond motifs is 1. The number of hydrogen-bond donors (Lipinski definition) is 1. The molecule has 2 heterocycles. The number of para-hydroxylation sites is 1. The van der Waals surface area contributed by atoms with Crippen molar-refractivity contribution in [2.75, 3.05) is 5.32 Å². The Hall–Kier alpha value is -2.19. The molecule has 0 unspecified atom stereocenters. The second kappa shape index (κ2) is 10.4. The van der Waals surface area contributed by atoms with Gasteiger partial charge in [-0.05, 0) is 37.8 Å². The molecule has 2 saturated carbocycles. The number of rotatable bonds is 6. The van der Waals surface area contributed by atoms with Gasteiger partial charge in [-0.25, -0.2) is 4.98 Å². The minimum Gasteiger partial charge on any atom is -0.325 e. The molecule has 3 aromatic rings. The molecule has 2 aliphatic carbocycles. The minimum atomic E-state index is -0.118. The highest BCUT2D eigenvalue weighted by Crippen LogP contribution is 2.35. The van der Waals surface area contributed by atoms with Crippen LogP contribution in [0, 0.1) is 5.92 Å². The van der Waals surface area contributed by atoms with Gasteiger partial charge in [0.2, 0.25) is 10.9 Å². The first-order valence-corrected chi connectivity index (χ1v) is 13.9. The summed E-state index contributed by atoms with van der Waals surface area (Å²) in [4.78, 5) is 31.8. The van der Waals surface area contributed by atoms with Crippen molar-refractivity contribution < 1.29 is 4.79 Å². The van der Waals surface area contributed by atoms with Crippen LogP contribution in [0.5, 0.6) is 0 Å². The Morgan fingerprint density at radius 1 is 1.06 bits per heavy atom. The highest BCUT2D eigenvalue weighted by molar-refractivity contribution is 7.98. The van der Waals surface area contributed by atoms with E-state index in [4.69, 9.17) is 4.98 Å². The van der Waals surface area contributed by atoms with E-state index in [1.165, 1.54) is 30.2 Å². The fourth-order valence-electron chi connectivity index (χ4n) is 4.91. The van der Waals surface area contributed by atoms with Gasteiger partial charge in [0.15, 0.2) is 0 Å². The molecule has 1 N–H and O–H groups in total. The molecule has 0 saturated heterocycles. The molecule has 1 aromatic carbocycles. The van der Waals surface area contributed by atoms with Crippen molar-refractivity contribution in [1.29, 1.82) is 0 Å². The Balaban J connectivity index is 1.29. The zero-order chi connectivity index (χ0) is 22.6. The molecule has 2 aliphatic rings. The van der Waals surface area contributed by atoms with Crippen LogP contribution in [-0.4, -0.2) is 20.5 Å². The van der Waals surface area contributed by atoms with E-state index in [2.05, 4.69) is 10.4 Å². The van der Waals surface area contributed by atoms with Crippen LogP contribution in [0.1, 0.15) is 80.8 Å². The first kappa shape index (κ1) is 22.6. The van der Waals surface area contributed by atoms with Crippen LogP contribution in [-0.2, 0) is 10.5 Å². The van der Waals surface area contributed by atoms with E-state index < -0.39 is 0 Å². The van der Waals surface area contributed by atoms with Gasteiger partial charge in [0.1, 0.15) is 5.01 Å². The van der Waals surface area contributed by atoms with Gasteiger partial charge in [0.05, 0.1) is 11.4 Å². The fourth-order valence-corrected chi connectivity index (χ4v) is 6.90. The number of benzene rings is 1. The third-order valence-electron chi connectivity index (χ3n) is 6.76. The summed E-state index contributed by atoms with van der Waals surface area (Å²) in [6, 6.07) is 9.48. The maximum Gasteiger partial charge on any atom is 0.275 e. The fraction of sp³-hybridized carbons (Fsp3) is 0.520. The Labute approximate surface area is 202 Å². The summed E-state index contributed by atoms with van der Waals surface area (Å²) >= 11 is 3.16. The number of nitrogens with one attached hydrogen (secondary N) is 1. The van der Waals surface area contributed by atoms with E-state index in [1.807, 2.05) is 24.3 Å². The average molecular weight is 483 g/mol. The summed E-state index contributed by atoms with van der Waals surface area (Å²) in [5.74, 6) is 1.27. The van der Waals surface area contributed by atoms with Gasteiger partial charge in [-0.2, -0.15) is 9.61 Å². The molecule has 174 valence electrons. The molecule has 5 rings (SSSR count). The number of hydrogen-bond acceptors (Lipinski definition) is 6. The third-order valence-corrected chi connectivity index (χ3v) is 8.94. The topological polar surface area (TPSA) is 76.4 Å². The van der Waals surface area contributed by atoms with Crippen LogP contribution in [0.25, 0.3) is 4.96 Å². The molecule has 6 nitrogen and oxygen atoms in total. The van der Waals surface area contributed by atoms with Crippen molar-refractivity contribution in [3.63, 3.8) is 0 Å². The van der Waals surface area contributed by atoms with Gasteiger partial charge in [0.25, 0.3) is 5.56 Å². The van der Waals surface area contributed by atoms with E-state index in [9.17, 15) is 9.59 Å². The molecule has 0 atom stereocenters. The van der Waals surface area contributed by atoms with Crippen molar-refractivity contribution in [3.8, 4) is 0 Å². The van der Waals surface area contributed by atoms with E-state index >= 15 is 0 Å². The van der Waals surface area contributed by atoms with Crippen LogP contribution in [0.15, 0.2) is 40.0 Å². The SMILES string of the molecule is O=C(Nc1ccccc1SCc1cc(=O)n2nc(C3CCCCC3)sc2n1)C1CCCCC1. The summed E-state index contributed by atoms with van der Waals surface area (Å²) < 4.78 is 1.46. The number of nitrogens with zero attached hydrogens (tertiary/aromatic N) is 3. The van der Waals surface area contributed by atoms with Gasteiger partial charge >= 0.3 is 0 Å². The molecule has 0 spiro atoms. The molecule has 33 heavy (non-hydrogen) atoms. The molecular weight excluding hydrogens is 452 g/mol. The van der Waals surface area contributed by atoms with Crippen molar-refractivity contribution in [3.05, 3.63) is 51.4 Å². The van der Waals surface area contributed by atoms with Crippen molar-refractivity contribution in [2.24, 2.45) is 5.92 Å². The van der Waals surface area contributed by atoms with E-state index in [-0.39, 0.29) is 17.4 Å². The number of aromatic nitrogens is 3. The number of amides is 1. The predicted molar refractivity (Wildman–Crippen MR) is 134 cm³/mol. The van der Waals surface area contributed by atoms with Crippen LogP contribution in [0.2, 0.25) is 0 Å². The van der Waals surface area contributed by atoms with E-state index in [1.54, 1.807) is 29.2 Å². The maximum atomic E-state index is 12.7. The van der Waals surface area contributed by atoms with Gasteiger partial charge in [-0.3, -0.25) is 9.59 Å². The highest BCUT2D eigenvalue weighted by Gasteiger charge is 2.22. The second-order valence-corrected chi connectivity index (χ2v) is 11.2. The van der Waals surface area contributed by atoms with E-state index in [0.717, 1.165) is 59.8 Å². The van der Waals surface area contributed by atoms with Crippen LogP contribution in [0.4, 0.5) is 5.69 Å². The minimum absolute atomic E-state index is 0.116. The largest absolute Gasteiger partial charge is 0.325 e. The molecule has 2 aromatic heterocycles. The zero-order valence-corrected chi connectivity index (χ0v) is 20.4. The van der Waals surface area contributed by atoms with Crippen molar-refractivity contribution in [1.82, 2.24) is 14.6 Å². The smallest absolute Gasteiger partial charge is 0.275 e. The van der Waals surface area contributed by atoms with Crippen LogP contribution in [0.3, 0.4) is 0 Å². The molecule has 0 aliphatic heterocycles. The Morgan fingerprint density at radius 2 is 1.79 bits per heavy atom. The quantitative estimate of drug-likeness (QED) is 0.436. The summed E-state index contributed by atoms with van der Waals surface area (Å²) in [6.07, 6.45) is 11.5. The van der Waals surface area contributed by atoms with Gasteiger partial charge in [0, 0.05) is 28.6 Å².